The van der Waals surface area contributed by atoms with E-state index in [1.54, 1.807) is 6.26 Å². The lowest BCUT2D eigenvalue weighted by Gasteiger charge is -2.15. The van der Waals surface area contributed by atoms with Crippen LogP contribution >= 0.6 is 11.8 Å². The molecule has 0 aromatic carbocycles. The van der Waals surface area contributed by atoms with Crippen molar-refractivity contribution in [2.45, 2.75) is 43.5 Å². The van der Waals surface area contributed by atoms with Gasteiger partial charge in [-0.05, 0) is 26.2 Å². The van der Waals surface area contributed by atoms with Crippen LogP contribution in [0.2, 0.25) is 0 Å². The Morgan fingerprint density at radius 3 is 3.06 bits per heavy atom. The zero-order valence-corrected chi connectivity index (χ0v) is 11.5. The van der Waals surface area contributed by atoms with Crippen LogP contribution in [0.4, 0.5) is 0 Å². The molecule has 0 aliphatic heterocycles. The predicted molar refractivity (Wildman–Crippen MR) is 68.5 cm³/mol. The van der Waals surface area contributed by atoms with Gasteiger partial charge in [-0.3, -0.25) is 4.79 Å². The van der Waals surface area contributed by atoms with Crippen LogP contribution in [0.3, 0.4) is 0 Å². The SMILES string of the molecule is COC(=O)C(CCSc1nc(C)co1)NC1CC1. The number of oxazole rings is 1. The lowest BCUT2D eigenvalue weighted by molar-refractivity contribution is -0.143. The molecule has 1 atom stereocenters. The van der Waals surface area contributed by atoms with Crippen LogP contribution in [-0.4, -0.2) is 35.9 Å². The topological polar surface area (TPSA) is 64.4 Å². The van der Waals surface area contributed by atoms with Crippen molar-refractivity contribution in [1.82, 2.24) is 10.3 Å². The van der Waals surface area contributed by atoms with Gasteiger partial charge in [-0.15, -0.1) is 0 Å². The van der Waals surface area contributed by atoms with Gasteiger partial charge in [0.25, 0.3) is 5.22 Å². The number of hydrogen-bond acceptors (Lipinski definition) is 6. The summed E-state index contributed by atoms with van der Waals surface area (Å²) in [6, 6.07) is 0.272. The van der Waals surface area contributed by atoms with E-state index in [-0.39, 0.29) is 12.0 Å². The molecule has 1 aliphatic rings. The van der Waals surface area contributed by atoms with Gasteiger partial charge in [0.15, 0.2) is 0 Å². The van der Waals surface area contributed by atoms with Crippen LogP contribution in [0.5, 0.6) is 0 Å². The Hall–Kier alpha value is -1.01. The third-order valence-electron chi connectivity index (χ3n) is 2.73. The fraction of sp³-hybridized carbons (Fsp3) is 0.667. The molecule has 1 aliphatic carbocycles. The Kier molecular flexibility index (Phi) is 4.66. The minimum atomic E-state index is -0.217. The molecule has 2 rings (SSSR count). The molecule has 1 aromatic rings. The van der Waals surface area contributed by atoms with Crippen molar-refractivity contribution in [3.8, 4) is 0 Å². The molecule has 100 valence electrons. The molecule has 0 bridgehead atoms. The van der Waals surface area contributed by atoms with E-state index in [2.05, 4.69) is 10.3 Å². The molecule has 6 heteroatoms. The highest BCUT2D eigenvalue weighted by atomic mass is 32.2. The van der Waals surface area contributed by atoms with E-state index in [4.69, 9.17) is 9.15 Å². The zero-order chi connectivity index (χ0) is 13.0. The van der Waals surface area contributed by atoms with Crippen LogP contribution in [0, 0.1) is 6.92 Å². The van der Waals surface area contributed by atoms with Gasteiger partial charge in [0.1, 0.15) is 12.3 Å². The van der Waals surface area contributed by atoms with Crippen LogP contribution in [0.15, 0.2) is 15.9 Å². The molecule has 5 nitrogen and oxygen atoms in total. The minimum absolute atomic E-state index is 0.189. The summed E-state index contributed by atoms with van der Waals surface area (Å²) in [4.78, 5) is 15.8. The summed E-state index contributed by atoms with van der Waals surface area (Å²) in [6.07, 6.45) is 4.65. The Morgan fingerprint density at radius 1 is 1.72 bits per heavy atom. The van der Waals surface area contributed by atoms with Crippen molar-refractivity contribution in [2.24, 2.45) is 0 Å². The number of rotatable bonds is 7. The Balaban J connectivity index is 1.75. The molecule has 1 fully saturated rings. The van der Waals surface area contributed by atoms with Crippen LogP contribution in [-0.2, 0) is 9.53 Å². The number of nitrogens with zero attached hydrogens (tertiary/aromatic N) is 1. The second kappa shape index (κ2) is 6.24. The molecule has 1 unspecified atom stereocenters. The highest BCUT2D eigenvalue weighted by Crippen LogP contribution is 2.22. The predicted octanol–water partition coefficient (Wildman–Crippen LogP) is 1.76. The van der Waals surface area contributed by atoms with E-state index in [0.29, 0.717) is 11.3 Å². The molecule has 1 N–H and O–H groups in total. The number of aryl methyl sites for hydroxylation is 1. The lowest BCUT2D eigenvalue weighted by Crippen LogP contribution is -2.39. The fourth-order valence-corrected chi connectivity index (χ4v) is 2.46. The van der Waals surface area contributed by atoms with Crippen molar-refractivity contribution in [3.05, 3.63) is 12.0 Å². The summed E-state index contributed by atoms with van der Waals surface area (Å²) in [5, 5.41) is 3.95. The minimum Gasteiger partial charge on any atom is -0.468 e. The van der Waals surface area contributed by atoms with Gasteiger partial charge in [-0.25, -0.2) is 4.98 Å². The van der Waals surface area contributed by atoms with Gasteiger partial charge in [0, 0.05) is 11.8 Å². The maximum Gasteiger partial charge on any atom is 0.322 e. The Morgan fingerprint density at radius 2 is 2.50 bits per heavy atom. The lowest BCUT2D eigenvalue weighted by atomic mass is 10.2. The van der Waals surface area contributed by atoms with Gasteiger partial charge in [0.2, 0.25) is 0 Å². The zero-order valence-electron chi connectivity index (χ0n) is 10.6. The largest absolute Gasteiger partial charge is 0.468 e. The van der Waals surface area contributed by atoms with Crippen molar-refractivity contribution in [3.63, 3.8) is 0 Å². The third-order valence-corrected chi connectivity index (χ3v) is 3.60. The quantitative estimate of drug-likeness (QED) is 0.601. The first-order valence-corrected chi connectivity index (χ1v) is 7.06. The average Bonchev–Trinajstić information content (AvgIpc) is 3.09. The molecule has 1 saturated carbocycles. The molecular weight excluding hydrogens is 252 g/mol. The summed E-state index contributed by atoms with van der Waals surface area (Å²) >= 11 is 1.52. The van der Waals surface area contributed by atoms with Crippen molar-refractivity contribution >= 4 is 17.7 Å². The van der Waals surface area contributed by atoms with Gasteiger partial charge >= 0.3 is 5.97 Å². The first-order chi connectivity index (χ1) is 8.69. The summed E-state index contributed by atoms with van der Waals surface area (Å²) in [5.41, 5.74) is 0.873. The Bertz CT molecular complexity index is 404. The van der Waals surface area contributed by atoms with Crippen molar-refractivity contribution in [2.75, 3.05) is 12.9 Å². The fourth-order valence-electron chi connectivity index (χ4n) is 1.61. The number of thioether (sulfide) groups is 1. The van der Waals surface area contributed by atoms with Gasteiger partial charge in [0.05, 0.1) is 12.8 Å². The molecule has 1 heterocycles. The number of methoxy groups -OCH3 is 1. The number of carbonyl (C=O) groups excluding carboxylic acids is 1. The van der Waals surface area contributed by atoms with Crippen molar-refractivity contribution in [1.29, 1.82) is 0 Å². The van der Waals surface area contributed by atoms with Crippen molar-refractivity contribution < 1.29 is 13.9 Å². The smallest absolute Gasteiger partial charge is 0.322 e. The van der Waals surface area contributed by atoms with Crippen LogP contribution < -0.4 is 5.32 Å². The summed E-state index contributed by atoms with van der Waals surface area (Å²) in [7, 11) is 1.43. The molecular formula is C12H18N2O3S. The molecule has 18 heavy (non-hydrogen) atoms. The van der Waals surface area contributed by atoms with E-state index in [1.807, 2.05) is 6.92 Å². The first-order valence-electron chi connectivity index (χ1n) is 6.08. The molecule has 0 radical (unpaired) electrons. The van der Waals surface area contributed by atoms with E-state index < -0.39 is 0 Å². The highest BCUT2D eigenvalue weighted by Gasteiger charge is 2.28. The number of aromatic nitrogens is 1. The van der Waals surface area contributed by atoms with E-state index in [1.165, 1.54) is 18.9 Å². The standard InChI is InChI=1S/C12H18N2O3S/c1-8-7-17-12(13-8)18-6-5-10(11(15)16-2)14-9-3-4-9/h7,9-10,14H,3-6H2,1-2H3. The van der Waals surface area contributed by atoms with E-state index >= 15 is 0 Å². The van der Waals surface area contributed by atoms with Crippen LogP contribution in [0.1, 0.15) is 25.0 Å². The monoisotopic (exact) mass is 270 g/mol. The second-order valence-electron chi connectivity index (χ2n) is 4.41. The summed E-state index contributed by atoms with van der Waals surface area (Å²) in [5.74, 6) is 0.588. The van der Waals surface area contributed by atoms with E-state index in [9.17, 15) is 4.79 Å². The Labute approximate surface area is 111 Å². The number of carbonyl (C=O) groups is 1. The molecule has 0 saturated heterocycles. The summed E-state index contributed by atoms with van der Waals surface area (Å²) in [6.45, 7) is 1.89. The normalized spacial score (nSPS) is 16.6. The molecule has 0 spiro atoms. The maximum absolute atomic E-state index is 11.6. The summed E-state index contributed by atoms with van der Waals surface area (Å²) < 4.78 is 10.0. The number of ether oxygens (including phenoxy) is 1. The average molecular weight is 270 g/mol. The van der Waals surface area contributed by atoms with Gasteiger partial charge in [-0.1, -0.05) is 11.8 Å². The van der Waals surface area contributed by atoms with Crippen LogP contribution in [0.25, 0.3) is 0 Å². The number of hydrogen-bond donors (Lipinski definition) is 1. The number of esters is 1. The van der Waals surface area contributed by atoms with Gasteiger partial charge in [-0.2, -0.15) is 0 Å². The number of nitrogens with one attached hydrogen (secondary N) is 1. The second-order valence-corrected chi connectivity index (χ2v) is 5.45. The molecule has 0 amide bonds. The highest BCUT2D eigenvalue weighted by molar-refractivity contribution is 7.99. The maximum atomic E-state index is 11.6. The first kappa shape index (κ1) is 13.4. The van der Waals surface area contributed by atoms with Gasteiger partial charge < -0.3 is 14.5 Å². The third kappa shape index (κ3) is 4.03. The molecule has 1 aromatic heterocycles. The van der Waals surface area contributed by atoms with E-state index in [0.717, 1.165) is 30.7 Å².